The van der Waals surface area contributed by atoms with E-state index in [1.807, 2.05) is 12.2 Å². The van der Waals surface area contributed by atoms with Crippen LogP contribution in [0, 0.1) is 11.8 Å². The van der Waals surface area contributed by atoms with Gasteiger partial charge in [0.1, 0.15) is 0 Å². The molecular formula is C20H40N2O2+2. The molecule has 0 amide bonds. The van der Waals surface area contributed by atoms with E-state index in [9.17, 15) is 10.2 Å². The second-order valence-electron chi connectivity index (χ2n) is 10.1. The van der Waals surface area contributed by atoms with Crippen LogP contribution in [-0.4, -0.2) is 83.7 Å². The van der Waals surface area contributed by atoms with Crippen LogP contribution in [0.25, 0.3) is 0 Å². The molecule has 6 atom stereocenters. The lowest BCUT2D eigenvalue weighted by Gasteiger charge is -2.51. The molecule has 0 aliphatic carbocycles. The van der Waals surface area contributed by atoms with Crippen LogP contribution in [0.15, 0.2) is 12.2 Å². The SMILES string of the molecule is CC1C[N+](C)(C)C(C)CC1(O)C=CC1(O)CC(C)[N+](C)(C)CC1C. The van der Waals surface area contributed by atoms with Gasteiger partial charge < -0.3 is 19.2 Å². The lowest BCUT2D eigenvalue weighted by Crippen LogP contribution is -2.62. The molecule has 2 saturated heterocycles. The Bertz CT molecular complexity index is 458. The molecule has 2 N–H and O–H groups in total. The van der Waals surface area contributed by atoms with Gasteiger partial charge in [0.15, 0.2) is 0 Å². The normalized spacial score (nSPS) is 48.6. The Morgan fingerprint density at radius 3 is 1.29 bits per heavy atom. The number of quaternary nitrogens is 2. The van der Waals surface area contributed by atoms with E-state index in [0.717, 1.165) is 34.9 Å². The molecule has 0 saturated carbocycles. The van der Waals surface area contributed by atoms with Crippen LogP contribution in [0.1, 0.15) is 40.5 Å². The number of hydrogen-bond donors (Lipinski definition) is 2. The summed E-state index contributed by atoms with van der Waals surface area (Å²) in [5, 5.41) is 22.5. The first-order valence-electron chi connectivity index (χ1n) is 9.52. The minimum atomic E-state index is -0.812. The van der Waals surface area contributed by atoms with Crippen LogP contribution in [0.4, 0.5) is 0 Å². The van der Waals surface area contributed by atoms with Crippen LogP contribution >= 0.6 is 0 Å². The number of nitrogens with zero attached hydrogens (tertiary/aromatic N) is 2. The van der Waals surface area contributed by atoms with Crippen LogP contribution in [0.3, 0.4) is 0 Å². The van der Waals surface area contributed by atoms with E-state index in [-0.39, 0.29) is 11.8 Å². The maximum atomic E-state index is 11.2. The summed E-state index contributed by atoms with van der Waals surface area (Å²) in [6.07, 6.45) is 5.36. The average molecular weight is 341 g/mol. The van der Waals surface area contributed by atoms with Gasteiger partial charge in [0.2, 0.25) is 0 Å². The van der Waals surface area contributed by atoms with Crippen molar-refractivity contribution in [3.05, 3.63) is 12.2 Å². The van der Waals surface area contributed by atoms with Gasteiger partial charge in [0.25, 0.3) is 0 Å². The van der Waals surface area contributed by atoms with Gasteiger partial charge in [-0.05, 0) is 13.8 Å². The van der Waals surface area contributed by atoms with Gasteiger partial charge >= 0.3 is 0 Å². The summed E-state index contributed by atoms with van der Waals surface area (Å²) < 4.78 is 1.89. The van der Waals surface area contributed by atoms with Crippen molar-refractivity contribution >= 4 is 0 Å². The molecule has 2 aliphatic heterocycles. The maximum absolute atomic E-state index is 11.2. The summed E-state index contributed by atoms with van der Waals surface area (Å²) in [5.41, 5.74) is -1.62. The first-order valence-corrected chi connectivity index (χ1v) is 9.52. The topological polar surface area (TPSA) is 40.5 Å². The molecule has 0 spiro atoms. The molecule has 0 bridgehead atoms. The largest absolute Gasteiger partial charge is 0.385 e. The Morgan fingerprint density at radius 1 is 0.708 bits per heavy atom. The number of rotatable bonds is 2. The van der Waals surface area contributed by atoms with E-state index in [4.69, 9.17) is 0 Å². The van der Waals surface area contributed by atoms with Crippen molar-refractivity contribution in [2.24, 2.45) is 11.8 Å². The first-order chi connectivity index (χ1) is 10.7. The second kappa shape index (κ2) is 6.08. The third kappa shape index (κ3) is 3.57. The molecule has 0 aromatic heterocycles. The Labute approximate surface area is 148 Å². The fourth-order valence-corrected chi connectivity index (χ4v) is 4.68. The van der Waals surface area contributed by atoms with Gasteiger partial charge in [0, 0.05) is 24.7 Å². The first kappa shape index (κ1) is 19.9. The third-order valence-electron chi connectivity index (χ3n) is 7.49. The van der Waals surface area contributed by atoms with Crippen molar-refractivity contribution in [3.63, 3.8) is 0 Å². The molecule has 140 valence electrons. The van der Waals surface area contributed by atoms with Gasteiger partial charge in [-0.15, -0.1) is 0 Å². The molecule has 4 nitrogen and oxygen atoms in total. The summed E-state index contributed by atoms with van der Waals surface area (Å²) >= 11 is 0. The smallest absolute Gasteiger partial charge is 0.0963 e. The molecule has 2 heterocycles. The minimum absolute atomic E-state index is 0.187. The predicted octanol–water partition coefficient (Wildman–Crippen LogP) is 2.01. The van der Waals surface area contributed by atoms with E-state index in [0.29, 0.717) is 12.1 Å². The number of likely N-dealkylation sites (tertiary alicyclic amines) is 2. The highest BCUT2D eigenvalue weighted by Gasteiger charge is 2.49. The molecular weight excluding hydrogens is 300 g/mol. The van der Waals surface area contributed by atoms with Crippen LogP contribution in [0.5, 0.6) is 0 Å². The summed E-state index contributed by atoms with van der Waals surface area (Å²) in [6.45, 7) is 10.6. The zero-order valence-corrected chi connectivity index (χ0v) is 17.1. The average Bonchev–Trinajstić information content (AvgIpc) is 2.41. The fraction of sp³-hybridized carbons (Fsp3) is 0.900. The highest BCUT2D eigenvalue weighted by atomic mass is 16.3. The van der Waals surface area contributed by atoms with Crippen LogP contribution in [-0.2, 0) is 0 Å². The molecule has 4 heteroatoms. The van der Waals surface area contributed by atoms with Gasteiger partial charge in [-0.25, -0.2) is 0 Å². The molecule has 0 aromatic carbocycles. The Morgan fingerprint density at radius 2 is 1.00 bits per heavy atom. The molecule has 2 rings (SSSR count). The lowest BCUT2D eigenvalue weighted by molar-refractivity contribution is -0.924. The standard InChI is InChI=1S/C20H40N2O2/c1-15-13-21(5,6)17(3)11-19(15,23)9-10-20(24)12-18(4)22(7,8)14-16(20)2/h9-10,15-18,23-24H,11-14H2,1-8H3/q+2. The van der Waals surface area contributed by atoms with Crippen LogP contribution in [0.2, 0.25) is 0 Å². The summed E-state index contributed by atoms with van der Waals surface area (Å²) in [5.74, 6) is 0.374. The van der Waals surface area contributed by atoms with E-state index >= 15 is 0 Å². The van der Waals surface area contributed by atoms with E-state index in [1.54, 1.807) is 0 Å². The van der Waals surface area contributed by atoms with Gasteiger partial charge in [-0.1, -0.05) is 26.0 Å². The summed E-state index contributed by atoms with van der Waals surface area (Å²) in [6, 6.07) is 0.813. The molecule has 0 radical (unpaired) electrons. The summed E-state index contributed by atoms with van der Waals surface area (Å²) in [7, 11) is 8.96. The van der Waals surface area contributed by atoms with Gasteiger partial charge in [-0.2, -0.15) is 0 Å². The van der Waals surface area contributed by atoms with Crippen molar-refractivity contribution < 1.29 is 19.2 Å². The van der Waals surface area contributed by atoms with Crippen molar-refractivity contribution in [1.29, 1.82) is 0 Å². The highest BCUT2D eigenvalue weighted by molar-refractivity contribution is 5.14. The minimum Gasteiger partial charge on any atom is -0.385 e. The maximum Gasteiger partial charge on any atom is 0.0963 e. The van der Waals surface area contributed by atoms with E-state index in [2.05, 4.69) is 55.9 Å². The number of hydrogen-bond acceptors (Lipinski definition) is 2. The molecule has 2 fully saturated rings. The highest BCUT2D eigenvalue weighted by Crippen LogP contribution is 2.39. The molecule has 0 aromatic rings. The second-order valence-corrected chi connectivity index (χ2v) is 10.1. The van der Waals surface area contributed by atoms with E-state index < -0.39 is 11.2 Å². The summed E-state index contributed by atoms with van der Waals surface area (Å²) in [4.78, 5) is 0. The quantitative estimate of drug-likeness (QED) is 0.596. The number of piperidine rings is 2. The number of aliphatic hydroxyl groups is 2. The zero-order valence-electron chi connectivity index (χ0n) is 17.1. The predicted molar refractivity (Wildman–Crippen MR) is 99.5 cm³/mol. The molecule has 2 aliphatic rings. The van der Waals surface area contributed by atoms with Crippen molar-refractivity contribution in [3.8, 4) is 0 Å². The van der Waals surface area contributed by atoms with Gasteiger partial charge in [0.05, 0.1) is 64.6 Å². The van der Waals surface area contributed by atoms with Crippen molar-refractivity contribution in [1.82, 2.24) is 0 Å². The fourth-order valence-electron chi connectivity index (χ4n) is 4.68. The lowest BCUT2D eigenvalue weighted by atomic mass is 9.74. The Balaban J connectivity index is 2.20. The molecule has 24 heavy (non-hydrogen) atoms. The Kier molecular flexibility index (Phi) is 5.04. The van der Waals surface area contributed by atoms with Crippen LogP contribution < -0.4 is 0 Å². The third-order valence-corrected chi connectivity index (χ3v) is 7.49. The van der Waals surface area contributed by atoms with Gasteiger partial charge in [-0.3, -0.25) is 0 Å². The Hall–Kier alpha value is -0.420. The van der Waals surface area contributed by atoms with Crippen molar-refractivity contribution in [2.75, 3.05) is 41.3 Å². The molecule has 6 unspecified atom stereocenters. The zero-order chi connectivity index (χ0) is 18.6. The van der Waals surface area contributed by atoms with E-state index in [1.165, 1.54) is 0 Å². The van der Waals surface area contributed by atoms with Crippen molar-refractivity contribution in [2.45, 2.75) is 63.8 Å². The monoisotopic (exact) mass is 340 g/mol.